The van der Waals surface area contributed by atoms with Gasteiger partial charge < -0.3 is 16.0 Å². The molecule has 0 saturated carbocycles. The van der Waals surface area contributed by atoms with Crippen molar-refractivity contribution in [2.24, 2.45) is 5.73 Å². The molecule has 0 aromatic heterocycles. The molecular formula is C16H20FN5O2. The molecule has 0 bridgehead atoms. The van der Waals surface area contributed by atoms with E-state index >= 15 is 0 Å². The Bertz CT molecular complexity index is 673. The maximum absolute atomic E-state index is 13.5. The molecule has 4 amide bonds. The highest BCUT2D eigenvalue weighted by atomic mass is 19.1. The third-order valence-electron chi connectivity index (χ3n) is 3.93. The number of amides is 4. The number of hydrogen-bond acceptors (Lipinski definition) is 4. The molecule has 128 valence electrons. The van der Waals surface area contributed by atoms with Crippen LogP contribution in [0.4, 0.5) is 14.0 Å². The molecule has 7 nitrogen and oxygen atoms in total. The van der Waals surface area contributed by atoms with E-state index < -0.39 is 17.9 Å². The van der Waals surface area contributed by atoms with Gasteiger partial charge in [-0.1, -0.05) is 0 Å². The number of carbonyl (C=O) groups excluding carboxylic acids is 2. The molecule has 0 aliphatic carbocycles. The van der Waals surface area contributed by atoms with E-state index in [4.69, 9.17) is 11.0 Å². The van der Waals surface area contributed by atoms with Crippen molar-refractivity contribution in [1.82, 2.24) is 15.1 Å². The van der Waals surface area contributed by atoms with Gasteiger partial charge in [-0.05, 0) is 36.6 Å². The maximum atomic E-state index is 13.5. The first-order chi connectivity index (χ1) is 11.5. The average molecular weight is 333 g/mol. The van der Waals surface area contributed by atoms with E-state index in [9.17, 15) is 14.0 Å². The molecule has 1 heterocycles. The van der Waals surface area contributed by atoms with E-state index in [2.05, 4.69) is 5.32 Å². The predicted octanol–water partition coefficient (Wildman–Crippen LogP) is 1.38. The number of rotatable bonds is 2. The van der Waals surface area contributed by atoms with Gasteiger partial charge in [0.05, 0.1) is 18.2 Å². The van der Waals surface area contributed by atoms with Gasteiger partial charge in [0.15, 0.2) is 0 Å². The summed E-state index contributed by atoms with van der Waals surface area (Å²) in [5.74, 6) is -0.534. The summed E-state index contributed by atoms with van der Waals surface area (Å²) in [6.07, 6.45) is 1.59. The Labute approximate surface area is 139 Å². The molecular weight excluding hydrogens is 313 g/mol. The quantitative estimate of drug-likeness (QED) is 0.853. The third-order valence-corrected chi connectivity index (χ3v) is 3.93. The number of piperidine rings is 1. The highest BCUT2D eigenvalue weighted by Crippen LogP contribution is 2.17. The fraction of sp³-hybridized carbons (Fsp3) is 0.438. The predicted molar refractivity (Wildman–Crippen MR) is 85.3 cm³/mol. The van der Waals surface area contributed by atoms with E-state index in [1.165, 1.54) is 18.0 Å². The van der Waals surface area contributed by atoms with Crippen LogP contribution < -0.4 is 11.1 Å². The fourth-order valence-corrected chi connectivity index (χ4v) is 2.69. The summed E-state index contributed by atoms with van der Waals surface area (Å²) in [4.78, 5) is 27.3. The molecule has 1 atom stereocenters. The molecule has 1 aromatic carbocycles. The highest BCUT2D eigenvalue weighted by molar-refractivity contribution is 5.93. The summed E-state index contributed by atoms with van der Waals surface area (Å²) in [5, 5.41) is 11.5. The van der Waals surface area contributed by atoms with E-state index in [1.54, 1.807) is 0 Å². The van der Waals surface area contributed by atoms with Gasteiger partial charge in [0.1, 0.15) is 5.82 Å². The van der Waals surface area contributed by atoms with Gasteiger partial charge in [-0.2, -0.15) is 5.26 Å². The number of nitrogens with two attached hydrogens (primary N) is 1. The van der Waals surface area contributed by atoms with Crippen molar-refractivity contribution in [3.63, 3.8) is 0 Å². The van der Waals surface area contributed by atoms with Crippen molar-refractivity contribution in [1.29, 1.82) is 5.26 Å². The van der Waals surface area contributed by atoms with Gasteiger partial charge in [-0.3, -0.25) is 0 Å². The summed E-state index contributed by atoms with van der Waals surface area (Å²) in [6.45, 7) is 0.680. The largest absolute Gasteiger partial charge is 0.341 e. The molecule has 1 fully saturated rings. The van der Waals surface area contributed by atoms with Crippen LogP contribution in [0, 0.1) is 17.1 Å². The zero-order chi connectivity index (χ0) is 17.7. The maximum Gasteiger partial charge on any atom is 0.328 e. The first kappa shape index (κ1) is 17.7. The standard InChI is InChI=1S/C16H20FN5O2/c1-20-15(23)22(16(24)21-6-2-3-14(19)10-21)9-12-7-13(17)5-4-11(12)8-18/h4-5,7,14H,2-3,6,9-10,19H2,1H3,(H,20,23)/t14-/m1/s1. The minimum Gasteiger partial charge on any atom is -0.341 e. The van der Waals surface area contributed by atoms with Crippen LogP contribution in [-0.2, 0) is 6.54 Å². The van der Waals surface area contributed by atoms with Crippen LogP contribution >= 0.6 is 0 Å². The van der Waals surface area contributed by atoms with E-state index in [-0.39, 0.29) is 23.7 Å². The second-order valence-corrected chi connectivity index (χ2v) is 5.69. The Morgan fingerprint density at radius 1 is 1.54 bits per heavy atom. The summed E-state index contributed by atoms with van der Waals surface area (Å²) < 4.78 is 13.5. The van der Waals surface area contributed by atoms with Crippen molar-refractivity contribution in [3.8, 4) is 6.07 Å². The van der Waals surface area contributed by atoms with Crippen molar-refractivity contribution in [3.05, 3.63) is 35.1 Å². The molecule has 3 N–H and O–H groups in total. The van der Waals surface area contributed by atoms with Crippen LogP contribution in [0.25, 0.3) is 0 Å². The van der Waals surface area contributed by atoms with Gasteiger partial charge in [-0.15, -0.1) is 0 Å². The third kappa shape index (κ3) is 4.00. The number of nitrogens with zero attached hydrogens (tertiary/aromatic N) is 3. The number of nitrogens with one attached hydrogen (secondary N) is 1. The van der Waals surface area contributed by atoms with Crippen molar-refractivity contribution in [2.75, 3.05) is 20.1 Å². The van der Waals surface area contributed by atoms with Gasteiger partial charge in [0.2, 0.25) is 0 Å². The summed E-state index contributed by atoms with van der Waals surface area (Å²) in [7, 11) is 1.40. The molecule has 1 aliphatic rings. The number of benzene rings is 1. The van der Waals surface area contributed by atoms with E-state index in [1.807, 2.05) is 6.07 Å². The van der Waals surface area contributed by atoms with Crippen LogP contribution in [0.1, 0.15) is 24.0 Å². The Balaban J connectivity index is 2.26. The SMILES string of the molecule is CNC(=O)N(Cc1cc(F)ccc1C#N)C(=O)N1CCC[C@@H](N)C1. The van der Waals surface area contributed by atoms with Gasteiger partial charge in [0, 0.05) is 26.2 Å². The molecule has 2 rings (SSSR count). The summed E-state index contributed by atoms with van der Waals surface area (Å²) in [6, 6.07) is 4.34. The molecule has 1 saturated heterocycles. The van der Waals surface area contributed by atoms with Crippen molar-refractivity contribution < 1.29 is 14.0 Å². The number of carbonyl (C=O) groups is 2. The lowest BCUT2D eigenvalue weighted by molar-refractivity contribution is 0.140. The topological polar surface area (TPSA) is 102 Å². The van der Waals surface area contributed by atoms with Crippen molar-refractivity contribution >= 4 is 12.1 Å². The summed E-state index contributed by atoms with van der Waals surface area (Å²) >= 11 is 0. The number of likely N-dealkylation sites (tertiary alicyclic amines) is 1. The lowest BCUT2D eigenvalue weighted by atomic mass is 10.1. The van der Waals surface area contributed by atoms with E-state index in [0.717, 1.165) is 29.9 Å². The first-order valence-electron chi connectivity index (χ1n) is 7.68. The highest BCUT2D eigenvalue weighted by Gasteiger charge is 2.29. The minimum absolute atomic E-state index is 0.127. The van der Waals surface area contributed by atoms with Crippen LogP contribution in [0.15, 0.2) is 18.2 Å². The smallest absolute Gasteiger partial charge is 0.328 e. The number of imide groups is 1. The Hall–Kier alpha value is -2.66. The number of hydrogen-bond donors (Lipinski definition) is 2. The molecule has 0 spiro atoms. The van der Waals surface area contributed by atoms with Crippen LogP contribution in [0.2, 0.25) is 0 Å². The lowest BCUT2D eigenvalue weighted by Gasteiger charge is -2.34. The number of urea groups is 2. The number of halogens is 1. The second-order valence-electron chi connectivity index (χ2n) is 5.69. The van der Waals surface area contributed by atoms with Crippen LogP contribution in [-0.4, -0.2) is 48.0 Å². The van der Waals surface area contributed by atoms with Gasteiger partial charge >= 0.3 is 12.1 Å². The zero-order valence-corrected chi connectivity index (χ0v) is 13.5. The molecule has 8 heteroatoms. The normalized spacial score (nSPS) is 17.1. The molecule has 1 aromatic rings. The fourth-order valence-electron chi connectivity index (χ4n) is 2.69. The first-order valence-corrected chi connectivity index (χ1v) is 7.68. The van der Waals surface area contributed by atoms with Gasteiger partial charge in [0.25, 0.3) is 0 Å². The van der Waals surface area contributed by atoms with Crippen LogP contribution in [0.5, 0.6) is 0 Å². The Morgan fingerprint density at radius 3 is 2.92 bits per heavy atom. The van der Waals surface area contributed by atoms with E-state index in [0.29, 0.717) is 13.1 Å². The van der Waals surface area contributed by atoms with Crippen LogP contribution in [0.3, 0.4) is 0 Å². The molecule has 1 aliphatic heterocycles. The Morgan fingerprint density at radius 2 is 2.29 bits per heavy atom. The molecule has 0 unspecified atom stereocenters. The average Bonchev–Trinajstić information content (AvgIpc) is 2.58. The van der Waals surface area contributed by atoms with Crippen molar-refractivity contribution in [2.45, 2.75) is 25.4 Å². The van der Waals surface area contributed by atoms with Gasteiger partial charge in [-0.25, -0.2) is 18.9 Å². The minimum atomic E-state index is -0.618. The summed E-state index contributed by atoms with van der Waals surface area (Å²) in [5.41, 5.74) is 6.37. The monoisotopic (exact) mass is 333 g/mol. The molecule has 0 radical (unpaired) electrons. The molecule has 24 heavy (non-hydrogen) atoms. The zero-order valence-electron chi connectivity index (χ0n) is 13.5. The second kappa shape index (κ2) is 7.75. The lowest BCUT2D eigenvalue weighted by Crippen LogP contribution is -2.53. The Kier molecular flexibility index (Phi) is 5.71. The number of nitriles is 1.